The van der Waals surface area contributed by atoms with Gasteiger partial charge in [0, 0.05) is 23.9 Å². The molecule has 0 bridgehead atoms. The van der Waals surface area contributed by atoms with Crippen molar-refractivity contribution >= 4 is 18.5 Å². The summed E-state index contributed by atoms with van der Waals surface area (Å²) in [5.74, 6) is 0.659. The van der Waals surface area contributed by atoms with Gasteiger partial charge < -0.3 is 17.3 Å². The Morgan fingerprint density at radius 2 is 2.18 bits per heavy atom. The van der Waals surface area contributed by atoms with Gasteiger partial charge >= 0.3 is 0 Å². The van der Waals surface area contributed by atoms with E-state index >= 15 is 0 Å². The molecule has 118 valence electrons. The van der Waals surface area contributed by atoms with Crippen LogP contribution in [0.3, 0.4) is 0 Å². The van der Waals surface area contributed by atoms with Crippen LogP contribution in [0, 0.1) is 11.3 Å². The molecule has 3 unspecified atom stereocenters. The first kappa shape index (κ1) is 15.4. The highest BCUT2D eigenvalue weighted by Crippen LogP contribution is 2.42. The number of quaternary nitrogens is 1. The first-order chi connectivity index (χ1) is 10.1. The molecule has 1 N–H and O–H groups in total. The Morgan fingerprint density at radius 1 is 1.36 bits per heavy atom. The minimum absolute atomic E-state index is 0. The van der Waals surface area contributed by atoms with E-state index < -0.39 is 0 Å². The highest BCUT2D eigenvalue weighted by atomic mass is 35.5. The van der Waals surface area contributed by atoms with Crippen molar-refractivity contribution in [1.82, 2.24) is 4.90 Å². The number of piperidine rings is 1. The van der Waals surface area contributed by atoms with Gasteiger partial charge in [0.15, 0.2) is 12.0 Å². The molecule has 22 heavy (non-hydrogen) atoms. The van der Waals surface area contributed by atoms with Gasteiger partial charge in [-0.15, -0.1) is 0 Å². The fourth-order valence-corrected chi connectivity index (χ4v) is 4.04. The van der Waals surface area contributed by atoms with Gasteiger partial charge in [0.2, 0.25) is 5.91 Å². The van der Waals surface area contributed by atoms with Crippen LogP contribution in [0.25, 0.3) is 0 Å². The predicted octanol–water partition coefficient (Wildman–Crippen LogP) is -2.28. The second-order valence-electron chi connectivity index (χ2n) is 7.08. The van der Waals surface area contributed by atoms with Crippen LogP contribution >= 0.6 is 0 Å². The van der Waals surface area contributed by atoms with Crippen molar-refractivity contribution < 1.29 is 22.1 Å². The number of hydrogen-bond acceptors (Lipinski definition) is 3. The van der Waals surface area contributed by atoms with E-state index in [2.05, 4.69) is 28.7 Å². The number of amides is 1. The van der Waals surface area contributed by atoms with Crippen molar-refractivity contribution in [2.45, 2.75) is 39.2 Å². The Kier molecular flexibility index (Phi) is 3.73. The number of hydrogen-bond donors (Lipinski definition) is 1. The molecule has 5 nitrogen and oxygen atoms in total. The summed E-state index contributed by atoms with van der Waals surface area (Å²) < 4.78 is 0. The molecule has 0 aromatic heterocycles. The summed E-state index contributed by atoms with van der Waals surface area (Å²) in [6.07, 6.45) is 10.8. The smallest absolute Gasteiger partial charge is 0.228 e. The molecule has 0 radical (unpaired) electrons. The lowest BCUT2D eigenvalue weighted by Crippen LogP contribution is -3.04. The molecule has 4 rings (SSSR count). The van der Waals surface area contributed by atoms with E-state index in [1.54, 1.807) is 6.20 Å². The number of carbonyl (C=O) groups is 1. The molecule has 2 saturated heterocycles. The molecule has 0 aromatic rings. The van der Waals surface area contributed by atoms with E-state index in [1.165, 1.54) is 0 Å². The molecule has 4 heterocycles. The van der Waals surface area contributed by atoms with Crippen molar-refractivity contribution in [1.29, 1.82) is 0 Å². The van der Waals surface area contributed by atoms with Gasteiger partial charge in [-0.05, 0) is 19.3 Å². The van der Waals surface area contributed by atoms with Crippen LogP contribution in [0.1, 0.15) is 33.1 Å². The Balaban J connectivity index is 0.00000144. The van der Waals surface area contributed by atoms with Gasteiger partial charge in [-0.25, -0.2) is 9.89 Å². The van der Waals surface area contributed by atoms with Crippen molar-refractivity contribution in [3.05, 3.63) is 23.8 Å². The third kappa shape index (κ3) is 2.23. The zero-order chi connectivity index (χ0) is 14.6. The number of carbonyl (C=O) groups excluding carboxylic acids is 1. The Bertz CT molecular complexity index is 620. The van der Waals surface area contributed by atoms with Crippen molar-refractivity contribution in [3.8, 4) is 0 Å². The standard InChI is InChI=1S/C16H20N4O.ClH/c1-16(2)7-12-4-3-11(9-20(12)15(16)21)14-13-8-17-5-6-19(13)10-18-14;/h5-6,8,10-12H,3-4,7,9H2,1-2H3;1H. The van der Waals surface area contributed by atoms with E-state index in [1.807, 2.05) is 18.8 Å². The number of nitrogens with one attached hydrogen (secondary N) is 1. The third-order valence-corrected chi connectivity index (χ3v) is 5.15. The van der Waals surface area contributed by atoms with Gasteiger partial charge in [-0.2, -0.15) is 0 Å². The zero-order valence-electron chi connectivity index (χ0n) is 12.9. The summed E-state index contributed by atoms with van der Waals surface area (Å²) in [5.41, 5.74) is 2.07. The van der Waals surface area contributed by atoms with Crippen molar-refractivity contribution in [2.75, 3.05) is 6.54 Å². The first-order valence-electron chi connectivity index (χ1n) is 7.72. The summed E-state index contributed by atoms with van der Waals surface area (Å²) in [5, 5.41) is 0. The summed E-state index contributed by atoms with van der Waals surface area (Å²) in [6, 6.07) is 0.433. The Morgan fingerprint density at radius 3 is 3.00 bits per heavy atom. The Hall–Kier alpha value is -1.46. The summed E-state index contributed by atoms with van der Waals surface area (Å²) in [4.78, 5) is 24.6. The van der Waals surface area contributed by atoms with Crippen LogP contribution in [0.15, 0.2) is 33.8 Å². The molecule has 4 aliphatic rings. The number of halogens is 1. The maximum atomic E-state index is 12.5. The SMILES string of the molecule is CC1(C)CC2CCC(C3=C4C=NC=C[NH+]4C=N3)CN2C1=O.[Cl-]. The van der Waals surface area contributed by atoms with Crippen LogP contribution in [0.5, 0.6) is 0 Å². The summed E-state index contributed by atoms with van der Waals surface area (Å²) in [6.45, 7) is 4.96. The molecule has 2 fully saturated rings. The second-order valence-corrected chi connectivity index (χ2v) is 7.08. The van der Waals surface area contributed by atoms with Crippen molar-refractivity contribution in [3.63, 3.8) is 0 Å². The van der Waals surface area contributed by atoms with E-state index in [-0.39, 0.29) is 17.8 Å². The van der Waals surface area contributed by atoms with Gasteiger partial charge in [-0.1, -0.05) is 13.8 Å². The number of fused-ring (bicyclic) bond motifs is 2. The molecule has 0 aliphatic carbocycles. The fraction of sp³-hybridized carbons (Fsp3) is 0.562. The minimum Gasteiger partial charge on any atom is -1.00 e. The predicted molar refractivity (Wildman–Crippen MR) is 80.7 cm³/mol. The molecule has 4 aliphatic heterocycles. The number of nitrogens with zero attached hydrogens (tertiary/aromatic N) is 3. The van der Waals surface area contributed by atoms with Gasteiger partial charge in [-0.3, -0.25) is 9.79 Å². The van der Waals surface area contributed by atoms with Crippen LogP contribution in [-0.2, 0) is 4.79 Å². The topological polar surface area (TPSA) is 49.5 Å². The molecular weight excluding hydrogens is 300 g/mol. The van der Waals surface area contributed by atoms with E-state index in [0.29, 0.717) is 17.9 Å². The van der Waals surface area contributed by atoms with Gasteiger partial charge in [0.05, 0.1) is 12.4 Å². The number of allylic oxidation sites excluding steroid dienone is 1. The largest absolute Gasteiger partial charge is 1.00 e. The van der Waals surface area contributed by atoms with Crippen LogP contribution in [0.2, 0.25) is 0 Å². The molecule has 0 spiro atoms. The lowest BCUT2D eigenvalue weighted by atomic mass is 9.86. The highest BCUT2D eigenvalue weighted by Gasteiger charge is 2.48. The molecule has 6 heteroatoms. The summed E-state index contributed by atoms with van der Waals surface area (Å²) in [7, 11) is 0. The average Bonchev–Trinajstić information content (AvgIpc) is 2.99. The number of aliphatic imine (C=N–C) groups is 2. The first-order valence-corrected chi connectivity index (χ1v) is 7.72. The molecule has 3 atom stereocenters. The molecule has 1 amide bonds. The lowest BCUT2D eigenvalue weighted by molar-refractivity contribution is -0.682. The zero-order valence-corrected chi connectivity index (χ0v) is 13.7. The van der Waals surface area contributed by atoms with Crippen molar-refractivity contribution in [2.24, 2.45) is 21.3 Å². The maximum absolute atomic E-state index is 12.5. The molecule has 0 aromatic carbocycles. The third-order valence-electron chi connectivity index (χ3n) is 5.15. The van der Waals surface area contributed by atoms with E-state index in [0.717, 1.165) is 42.1 Å². The van der Waals surface area contributed by atoms with Crippen LogP contribution < -0.4 is 17.3 Å². The van der Waals surface area contributed by atoms with Gasteiger partial charge in [0.1, 0.15) is 11.9 Å². The lowest BCUT2D eigenvalue weighted by Gasteiger charge is -2.34. The van der Waals surface area contributed by atoms with E-state index in [4.69, 9.17) is 0 Å². The highest BCUT2D eigenvalue weighted by molar-refractivity contribution is 5.85. The number of rotatable bonds is 1. The van der Waals surface area contributed by atoms with Crippen LogP contribution in [0.4, 0.5) is 0 Å². The van der Waals surface area contributed by atoms with Crippen LogP contribution in [-0.4, -0.2) is 35.9 Å². The average molecular weight is 321 g/mol. The summed E-state index contributed by atoms with van der Waals surface area (Å²) >= 11 is 0. The quantitative estimate of drug-likeness (QED) is 0.581. The monoisotopic (exact) mass is 320 g/mol. The minimum atomic E-state index is -0.192. The second kappa shape index (κ2) is 5.32. The molecule has 0 saturated carbocycles. The Labute approximate surface area is 136 Å². The fourth-order valence-electron chi connectivity index (χ4n) is 4.04. The maximum Gasteiger partial charge on any atom is 0.228 e. The molecular formula is C16H21ClN4O. The van der Waals surface area contributed by atoms with Gasteiger partial charge in [0.25, 0.3) is 0 Å². The normalized spacial score (nSPS) is 34.7. The van der Waals surface area contributed by atoms with E-state index in [9.17, 15) is 4.79 Å².